The third-order valence-corrected chi connectivity index (χ3v) is 4.43. The van der Waals surface area contributed by atoms with Crippen molar-refractivity contribution in [2.75, 3.05) is 13.1 Å². The fourth-order valence-corrected chi connectivity index (χ4v) is 3.28. The van der Waals surface area contributed by atoms with E-state index in [9.17, 15) is 8.78 Å². The van der Waals surface area contributed by atoms with Crippen LogP contribution in [0.25, 0.3) is 0 Å². The van der Waals surface area contributed by atoms with Gasteiger partial charge in [0.25, 0.3) is 0 Å². The van der Waals surface area contributed by atoms with E-state index in [1.807, 2.05) is 0 Å². The quantitative estimate of drug-likeness (QED) is 0.766. The van der Waals surface area contributed by atoms with E-state index in [0.717, 1.165) is 25.9 Å². The Labute approximate surface area is 120 Å². The molecule has 1 aliphatic rings. The summed E-state index contributed by atoms with van der Waals surface area (Å²) in [7, 11) is 0. The topological polar surface area (TPSA) is 12.0 Å². The van der Waals surface area contributed by atoms with Crippen LogP contribution in [0.15, 0.2) is 18.2 Å². The Bertz CT molecular complexity index is 399. The van der Waals surface area contributed by atoms with Crippen LogP contribution in [0.3, 0.4) is 0 Å². The highest BCUT2D eigenvalue weighted by Crippen LogP contribution is 2.33. The Morgan fingerprint density at radius 2 is 1.75 bits per heavy atom. The Balaban J connectivity index is 2.01. The van der Waals surface area contributed by atoms with Crippen LogP contribution in [-0.2, 0) is 6.42 Å². The van der Waals surface area contributed by atoms with Crippen molar-refractivity contribution in [3.8, 4) is 0 Å². The third-order valence-electron chi connectivity index (χ3n) is 4.43. The van der Waals surface area contributed by atoms with Crippen molar-refractivity contribution < 1.29 is 8.78 Å². The first kappa shape index (κ1) is 15.4. The van der Waals surface area contributed by atoms with Crippen LogP contribution < -0.4 is 5.32 Å². The predicted octanol–water partition coefficient (Wildman–Crippen LogP) is 4.31. The van der Waals surface area contributed by atoms with Crippen molar-refractivity contribution in [1.82, 2.24) is 5.32 Å². The first-order valence-electron chi connectivity index (χ1n) is 7.86. The molecular formula is C17H25F2N. The van der Waals surface area contributed by atoms with Crippen molar-refractivity contribution in [3.63, 3.8) is 0 Å². The smallest absolute Gasteiger partial charge is 0.129 e. The average molecular weight is 281 g/mol. The normalized spacial score (nSPS) is 22.9. The zero-order valence-electron chi connectivity index (χ0n) is 12.3. The van der Waals surface area contributed by atoms with Gasteiger partial charge in [-0.15, -0.1) is 0 Å². The minimum atomic E-state index is -0.393. The number of hydrogen-bond donors (Lipinski definition) is 1. The van der Waals surface area contributed by atoms with E-state index >= 15 is 0 Å². The first-order chi connectivity index (χ1) is 9.72. The van der Waals surface area contributed by atoms with Crippen molar-refractivity contribution in [2.24, 2.45) is 11.8 Å². The second-order valence-corrected chi connectivity index (χ2v) is 5.91. The van der Waals surface area contributed by atoms with E-state index in [2.05, 4.69) is 12.2 Å². The maximum absolute atomic E-state index is 13.8. The SMILES string of the molecule is CCCNCC1CCCCC1Cc1c(F)cccc1F. The molecule has 1 saturated carbocycles. The van der Waals surface area contributed by atoms with E-state index in [1.165, 1.54) is 37.5 Å². The van der Waals surface area contributed by atoms with E-state index in [-0.39, 0.29) is 5.56 Å². The zero-order valence-corrected chi connectivity index (χ0v) is 12.3. The molecule has 1 aromatic carbocycles. The van der Waals surface area contributed by atoms with Gasteiger partial charge in [0.2, 0.25) is 0 Å². The largest absolute Gasteiger partial charge is 0.316 e. The zero-order chi connectivity index (χ0) is 14.4. The maximum atomic E-state index is 13.8. The lowest BCUT2D eigenvalue weighted by Crippen LogP contribution is -2.32. The summed E-state index contributed by atoms with van der Waals surface area (Å²) in [6, 6.07) is 4.17. The van der Waals surface area contributed by atoms with Gasteiger partial charge in [-0.2, -0.15) is 0 Å². The molecule has 0 amide bonds. The molecule has 20 heavy (non-hydrogen) atoms. The van der Waals surface area contributed by atoms with Crippen LogP contribution in [0, 0.1) is 23.5 Å². The molecule has 1 fully saturated rings. The molecule has 1 aromatic rings. The van der Waals surface area contributed by atoms with Gasteiger partial charge in [-0.05, 0) is 62.7 Å². The molecular weight excluding hydrogens is 256 g/mol. The molecule has 2 unspecified atom stereocenters. The van der Waals surface area contributed by atoms with E-state index in [0.29, 0.717) is 18.3 Å². The lowest BCUT2D eigenvalue weighted by atomic mass is 9.76. The van der Waals surface area contributed by atoms with Gasteiger partial charge in [-0.1, -0.05) is 25.8 Å². The number of benzene rings is 1. The highest BCUT2D eigenvalue weighted by atomic mass is 19.1. The molecule has 1 nitrogen and oxygen atoms in total. The van der Waals surface area contributed by atoms with Gasteiger partial charge in [-0.3, -0.25) is 0 Å². The highest BCUT2D eigenvalue weighted by molar-refractivity contribution is 5.20. The van der Waals surface area contributed by atoms with Crippen LogP contribution in [0.2, 0.25) is 0 Å². The van der Waals surface area contributed by atoms with E-state index in [1.54, 1.807) is 0 Å². The van der Waals surface area contributed by atoms with Crippen LogP contribution in [0.4, 0.5) is 8.78 Å². The number of hydrogen-bond acceptors (Lipinski definition) is 1. The second kappa shape index (κ2) is 7.72. The molecule has 1 aliphatic carbocycles. The highest BCUT2D eigenvalue weighted by Gasteiger charge is 2.26. The Hall–Kier alpha value is -0.960. The standard InChI is InChI=1S/C17H25F2N/c1-2-10-20-12-14-7-4-3-6-13(14)11-15-16(18)8-5-9-17(15)19/h5,8-9,13-14,20H,2-4,6-7,10-12H2,1H3. The van der Waals surface area contributed by atoms with E-state index in [4.69, 9.17) is 0 Å². The van der Waals surface area contributed by atoms with Gasteiger partial charge >= 0.3 is 0 Å². The third kappa shape index (κ3) is 4.02. The number of halogens is 2. The molecule has 3 heteroatoms. The molecule has 112 valence electrons. The summed E-state index contributed by atoms with van der Waals surface area (Å²) in [5.41, 5.74) is 0.278. The Kier molecular flexibility index (Phi) is 5.96. The molecule has 0 aromatic heterocycles. The lowest BCUT2D eigenvalue weighted by Gasteiger charge is -2.32. The second-order valence-electron chi connectivity index (χ2n) is 5.91. The molecule has 0 heterocycles. The number of rotatable bonds is 6. The lowest BCUT2D eigenvalue weighted by molar-refractivity contribution is 0.225. The van der Waals surface area contributed by atoms with Crippen molar-refractivity contribution in [2.45, 2.75) is 45.4 Å². The van der Waals surface area contributed by atoms with Gasteiger partial charge in [-0.25, -0.2) is 8.78 Å². The molecule has 0 bridgehead atoms. The molecule has 0 spiro atoms. The maximum Gasteiger partial charge on any atom is 0.129 e. The summed E-state index contributed by atoms with van der Waals surface area (Å²) in [5, 5.41) is 3.46. The summed E-state index contributed by atoms with van der Waals surface area (Å²) in [6.07, 6.45) is 6.36. The van der Waals surface area contributed by atoms with Gasteiger partial charge in [0.15, 0.2) is 0 Å². The minimum absolute atomic E-state index is 0.278. The molecule has 0 saturated heterocycles. The fraction of sp³-hybridized carbons (Fsp3) is 0.647. The molecule has 0 radical (unpaired) electrons. The summed E-state index contributed by atoms with van der Waals surface area (Å²) >= 11 is 0. The first-order valence-corrected chi connectivity index (χ1v) is 7.86. The predicted molar refractivity (Wildman–Crippen MR) is 78.7 cm³/mol. The Morgan fingerprint density at radius 3 is 2.40 bits per heavy atom. The summed E-state index contributed by atoms with van der Waals surface area (Å²) in [5.74, 6) is 0.167. The van der Waals surface area contributed by atoms with Gasteiger partial charge < -0.3 is 5.32 Å². The summed E-state index contributed by atoms with van der Waals surface area (Å²) in [6.45, 7) is 4.16. The molecule has 2 rings (SSSR count). The molecule has 2 atom stereocenters. The molecule has 1 N–H and O–H groups in total. The van der Waals surface area contributed by atoms with Crippen LogP contribution in [-0.4, -0.2) is 13.1 Å². The average Bonchev–Trinajstić information content (AvgIpc) is 2.45. The summed E-state index contributed by atoms with van der Waals surface area (Å²) < 4.78 is 27.6. The van der Waals surface area contributed by atoms with Crippen LogP contribution in [0.5, 0.6) is 0 Å². The van der Waals surface area contributed by atoms with Gasteiger partial charge in [0.05, 0.1) is 0 Å². The van der Waals surface area contributed by atoms with Crippen molar-refractivity contribution in [3.05, 3.63) is 35.4 Å². The van der Waals surface area contributed by atoms with Crippen molar-refractivity contribution in [1.29, 1.82) is 0 Å². The number of nitrogens with one attached hydrogen (secondary N) is 1. The van der Waals surface area contributed by atoms with Crippen molar-refractivity contribution >= 4 is 0 Å². The van der Waals surface area contributed by atoms with Crippen LogP contribution >= 0.6 is 0 Å². The molecule has 0 aliphatic heterocycles. The fourth-order valence-electron chi connectivity index (χ4n) is 3.28. The minimum Gasteiger partial charge on any atom is -0.316 e. The van der Waals surface area contributed by atoms with Gasteiger partial charge in [0.1, 0.15) is 11.6 Å². The van der Waals surface area contributed by atoms with Gasteiger partial charge in [0, 0.05) is 5.56 Å². The van der Waals surface area contributed by atoms with E-state index < -0.39 is 11.6 Å². The monoisotopic (exact) mass is 281 g/mol. The summed E-state index contributed by atoms with van der Waals surface area (Å²) in [4.78, 5) is 0. The van der Waals surface area contributed by atoms with Crippen LogP contribution in [0.1, 0.15) is 44.6 Å². The Morgan fingerprint density at radius 1 is 1.10 bits per heavy atom.